The maximum Gasteiger partial charge on any atom is 0.235 e. The molecule has 21 heavy (non-hydrogen) atoms. The zero-order chi connectivity index (χ0) is 15.0. The average Bonchev–Trinajstić information content (AvgIpc) is 2.52. The highest BCUT2D eigenvalue weighted by atomic mass is 16.5. The van der Waals surface area contributed by atoms with E-state index in [4.69, 9.17) is 4.74 Å². The summed E-state index contributed by atoms with van der Waals surface area (Å²) in [5.74, 6) is 0.966. The van der Waals surface area contributed by atoms with Crippen LogP contribution >= 0.6 is 0 Å². The van der Waals surface area contributed by atoms with Crippen LogP contribution in [0.15, 0.2) is 54.6 Å². The van der Waals surface area contributed by atoms with E-state index in [1.165, 1.54) is 0 Å². The predicted octanol–water partition coefficient (Wildman–Crippen LogP) is 3.81. The van der Waals surface area contributed by atoms with Crippen LogP contribution < -0.4 is 9.64 Å². The Balaban J connectivity index is 2.08. The quantitative estimate of drug-likeness (QED) is 0.801. The highest BCUT2D eigenvalue weighted by molar-refractivity contribution is 6.05. The van der Waals surface area contributed by atoms with Crippen molar-refractivity contribution < 1.29 is 9.53 Å². The molecule has 108 valence electrons. The SMILES string of the molecule is COc1ccccc1C1N(c2ccccc2)C(=O)C1(C)C. The Bertz CT molecular complexity index is 664. The van der Waals surface area contributed by atoms with Crippen molar-refractivity contribution in [1.82, 2.24) is 0 Å². The Morgan fingerprint density at radius 1 is 1.00 bits per heavy atom. The minimum absolute atomic E-state index is 0.0106. The van der Waals surface area contributed by atoms with E-state index >= 15 is 0 Å². The molecule has 1 heterocycles. The standard InChI is InChI=1S/C18H19NO2/c1-18(2)16(14-11-7-8-12-15(14)21-3)19(17(18)20)13-9-5-4-6-10-13/h4-12,16H,1-3H3. The van der Waals surface area contributed by atoms with Gasteiger partial charge in [-0.25, -0.2) is 0 Å². The maximum absolute atomic E-state index is 12.6. The molecule has 3 nitrogen and oxygen atoms in total. The highest BCUT2D eigenvalue weighted by Crippen LogP contribution is 2.53. The van der Waals surface area contributed by atoms with E-state index in [1.807, 2.05) is 73.3 Å². The fourth-order valence-corrected chi connectivity index (χ4v) is 3.08. The zero-order valence-corrected chi connectivity index (χ0v) is 12.5. The summed E-state index contributed by atoms with van der Waals surface area (Å²) in [6.45, 7) is 3.98. The smallest absolute Gasteiger partial charge is 0.235 e. The van der Waals surface area contributed by atoms with Crippen LogP contribution in [0.2, 0.25) is 0 Å². The van der Waals surface area contributed by atoms with Gasteiger partial charge in [0.2, 0.25) is 5.91 Å². The minimum atomic E-state index is -0.426. The molecule has 1 aliphatic heterocycles. The Morgan fingerprint density at radius 2 is 1.62 bits per heavy atom. The number of para-hydroxylation sites is 2. The normalized spacial score (nSPS) is 20.0. The number of β-lactam (4-membered cyclic amide) rings is 1. The summed E-state index contributed by atoms with van der Waals surface area (Å²) in [4.78, 5) is 14.4. The first-order chi connectivity index (χ1) is 10.1. The number of ether oxygens (including phenoxy) is 1. The summed E-state index contributed by atoms with van der Waals surface area (Å²) in [5, 5.41) is 0. The monoisotopic (exact) mass is 281 g/mol. The molecule has 1 aliphatic rings. The molecule has 0 aliphatic carbocycles. The van der Waals surface area contributed by atoms with E-state index in [0.717, 1.165) is 17.0 Å². The summed E-state index contributed by atoms with van der Waals surface area (Å²) in [6.07, 6.45) is 0. The van der Waals surface area contributed by atoms with E-state index in [0.29, 0.717) is 0 Å². The lowest BCUT2D eigenvalue weighted by molar-refractivity contribution is -0.137. The van der Waals surface area contributed by atoms with Gasteiger partial charge in [0.15, 0.2) is 0 Å². The lowest BCUT2D eigenvalue weighted by atomic mass is 9.70. The first-order valence-electron chi connectivity index (χ1n) is 7.09. The average molecular weight is 281 g/mol. The van der Waals surface area contributed by atoms with Crippen LogP contribution in [0.5, 0.6) is 5.75 Å². The molecular weight excluding hydrogens is 262 g/mol. The van der Waals surface area contributed by atoms with Crippen molar-refractivity contribution in [3.8, 4) is 5.75 Å². The molecule has 2 aromatic carbocycles. The Hall–Kier alpha value is -2.29. The third kappa shape index (κ3) is 2.00. The van der Waals surface area contributed by atoms with Crippen molar-refractivity contribution in [2.75, 3.05) is 12.0 Å². The first kappa shape index (κ1) is 13.7. The van der Waals surface area contributed by atoms with Crippen LogP contribution in [0, 0.1) is 5.41 Å². The molecule has 1 saturated heterocycles. The molecule has 3 heteroatoms. The largest absolute Gasteiger partial charge is 0.496 e. The van der Waals surface area contributed by atoms with Gasteiger partial charge in [0.05, 0.1) is 18.6 Å². The number of benzene rings is 2. The van der Waals surface area contributed by atoms with E-state index in [9.17, 15) is 4.79 Å². The zero-order valence-electron chi connectivity index (χ0n) is 12.5. The van der Waals surface area contributed by atoms with Crippen LogP contribution in [0.4, 0.5) is 5.69 Å². The third-order valence-corrected chi connectivity index (χ3v) is 4.18. The fraction of sp³-hybridized carbons (Fsp3) is 0.278. The summed E-state index contributed by atoms with van der Waals surface area (Å²) >= 11 is 0. The van der Waals surface area contributed by atoms with Crippen LogP contribution in [-0.4, -0.2) is 13.0 Å². The Morgan fingerprint density at radius 3 is 2.29 bits per heavy atom. The molecule has 3 rings (SSSR count). The second kappa shape index (κ2) is 4.92. The molecule has 0 radical (unpaired) electrons. The molecule has 0 spiro atoms. The Kier molecular flexibility index (Phi) is 3.20. The summed E-state index contributed by atoms with van der Waals surface area (Å²) in [6, 6.07) is 17.7. The molecule has 0 aromatic heterocycles. The van der Waals surface area contributed by atoms with Crippen molar-refractivity contribution in [3.63, 3.8) is 0 Å². The van der Waals surface area contributed by atoms with Gasteiger partial charge in [0, 0.05) is 11.3 Å². The number of rotatable bonds is 3. The number of nitrogens with zero attached hydrogens (tertiary/aromatic N) is 1. The Labute approximate surface area is 125 Å². The molecule has 0 saturated carbocycles. The van der Waals surface area contributed by atoms with Crippen LogP contribution in [-0.2, 0) is 4.79 Å². The second-order valence-electron chi connectivity index (χ2n) is 5.88. The van der Waals surface area contributed by atoms with E-state index in [1.54, 1.807) is 7.11 Å². The number of anilines is 1. The first-order valence-corrected chi connectivity index (χ1v) is 7.09. The summed E-state index contributed by atoms with van der Waals surface area (Å²) in [5.41, 5.74) is 1.55. The number of amides is 1. The number of methoxy groups -OCH3 is 1. The van der Waals surface area contributed by atoms with E-state index < -0.39 is 5.41 Å². The topological polar surface area (TPSA) is 29.5 Å². The van der Waals surface area contributed by atoms with E-state index in [-0.39, 0.29) is 11.9 Å². The van der Waals surface area contributed by atoms with Gasteiger partial charge >= 0.3 is 0 Å². The van der Waals surface area contributed by atoms with Gasteiger partial charge in [-0.1, -0.05) is 36.4 Å². The van der Waals surface area contributed by atoms with Crippen molar-refractivity contribution >= 4 is 11.6 Å². The van der Waals surface area contributed by atoms with Gasteiger partial charge in [-0.05, 0) is 32.0 Å². The van der Waals surface area contributed by atoms with Crippen molar-refractivity contribution in [2.45, 2.75) is 19.9 Å². The summed E-state index contributed by atoms with van der Waals surface area (Å²) in [7, 11) is 1.67. The minimum Gasteiger partial charge on any atom is -0.496 e. The van der Waals surface area contributed by atoms with Gasteiger partial charge in [-0.3, -0.25) is 4.79 Å². The molecule has 1 fully saturated rings. The molecule has 0 bridgehead atoms. The molecule has 2 aromatic rings. The van der Waals surface area contributed by atoms with Gasteiger partial charge in [0.25, 0.3) is 0 Å². The number of hydrogen-bond acceptors (Lipinski definition) is 2. The van der Waals surface area contributed by atoms with Crippen molar-refractivity contribution in [1.29, 1.82) is 0 Å². The maximum atomic E-state index is 12.6. The van der Waals surface area contributed by atoms with Crippen LogP contribution in [0.25, 0.3) is 0 Å². The van der Waals surface area contributed by atoms with Crippen LogP contribution in [0.1, 0.15) is 25.5 Å². The van der Waals surface area contributed by atoms with Crippen molar-refractivity contribution in [3.05, 3.63) is 60.2 Å². The molecular formula is C18H19NO2. The van der Waals surface area contributed by atoms with Gasteiger partial charge in [0.1, 0.15) is 5.75 Å². The van der Waals surface area contributed by atoms with E-state index in [2.05, 4.69) is 0 Å². The summed E-state index contributed by atoms with van der Waals surface area (Å²) < 4.78 is 5.48. The number of hydrogen-bond donors (Lipinski definition) is 0. The van der Waals surface area contributed by atoms with Gasteiger partial charge in [-0.15, -0.1) is 0 Å². The fourth-order valence-electron chi connectivity index (χ4n) is 3.08. The lowest BCUT2D eigenvalue weighted by Crippen LogP contribution is -2.61. The highest BCUT2D eigenvalue weighted by Gasteiger charge is 2.56. The van der Waals surface area contributed by atoms with Gasteiger partial charge < -0.3 is 9.64 Å². The molecule has 0 N–H and O–H groups in total. The van der Waals surface area contributed by atoms with Crippen molar-refractivity contribution in [2.24, 2.45) is 5.41 Å². The lowest BCUT2D eigenvalue weighted by Gasteiger charge is -2.53. The third-order valence-electron chi connectivity index (χ3n) is 4.18. The molecule has 1 unspecified atom stereocenters. The van der Waals surface area contributed by atoms with Crippen LogP contribution in [0.3, 0.4) is 0 Å². The number of carbonyl (C=O) groups excluding carboxylic acids is 1. The molecule has 1 amide bonds. The number of carbonyl (C=O) groups is 1. The predicted molar refractivity (Wildman–Crippen MR) is 83.4 cm³/mol. The molecule has 1 atom stereocenters. The second-order valence-corrected chi connectivity index (χ2v) is 5.88. The van der Waals surface area contributed by atoms with Gasteiger partial charge in [-0.2, -0.15) is 0 Å².